The Morgan fingerprint density at radius 1 is 1.16 bits per heavy atom. The van der Waals surface area contributed by atoms with Crippen molar-refractivity contribution in [2.24, 2.45) is 11.8 Å². The molecule has 31 heavy (non-hydrogen) atoms. The summed E-state index contributed by atoms with van der Waals surface area (Å²) in [5.41, 5.74) is 0.383. The van der Waals surface area contributed by atoms with E-state index in [-0.39, 0.29) is 24.3 Å². The highest BCUT2D eigenvalue weighted by Gasteiger charge is 2.35. The smallest absolute Gasteiger partial charge is 0.419 e. The molecule has 1 aromatic heterocycles. The zero-order valence-corrected chi connectivity index (χ0v) is 18.3. The summed E-state index contributed by atoms with van der Waals surface area (Å²) in [6, 6.07) is 7.89. The van der Waals surface area contributed by atoms with Crippen LogP contribution in [0.15, 0.2) is 36.5 Å². The Labute approximate surface area is 182 Å². The van der Waals surface area contributed by atoms with Gasteiger partial charge in [-0.3, -0.25) is 0 Å². The molecule has 3 rings (SSSR count). The minimum atomic E-state index is -4.50. The van der Waals surface area contributed by atoms with Crippen LogP contribution in [-0.4, -0.2) is 30.8 Å². The number of alkyl halides is 3. The fourth-order valence-electron chi connectivity index (χ4n) is 3.91. The number of aromatic nitrogens is 1. The molecule has 0 amide bonds. The maximum atomic E-state index is 13.7. The maximum Gasteiger partial charge on any atom is 0.419 e. The first kappa shape index (κ1) is 23.4. The highest BCUT2D eigenvalue weighted by molar-refractivity contribution is 5.68. The molecule has 2 heterocycles. The molecule has 2 atom stereocenters. The predicted octanol–water partition coefficient (Wildman–Crippen LogP) is 6.42. The zero-order valence-electron chi connectivity index (χ0n) is 18.3. The number of benzene rings is 1. The van der Waals surface area contributed by atoms with Crippen LogP contribution in [0.5, 0.6) is 5.75 Å². The first-order chi connectivity index (χ1) is 14.7. The first-order valence-electron chi connectivity index (χ1n) is 10.9. The topological polar surface area (TPSA) is 43.4 Å². The van der Waals surface area contributed by atoms with Gasteiger partial charge < -0.3 is 14.8 Å². The van der Waals surface area contributed by atoms with Crippen molar-refractivity contribution in [3.05, 3.63) is 42.1 Å². The van der Waals surface area contributed by atoms with Crippen molar-refractivity contribution in [1.82, 2.24) is 4.98 Å². The average molecular weight is 437 g/mol. The SMILES string of the molecule is CC(C)CC(C)COc1ccc(-c2ccnc(NC3CCCOC3)c2)cc1C(F)(F)F. The van der Waals surface area contributed by atoms with Crippen LogP contribution in [0.3, 0.4) is 0 Å². The third kappa shape index (κ3) is 6.86. The van der Waals surface area contributed by atoms with Gasteiger partial charge in [-0.1, -0.05) is 26.8 Å². The van der Waals surface area contributed by atoms with Gasteiger partial charge in [-0.15, -0.1) is 0 Å². The normalized spacial score (nSPS) is 18.1. The summed E-state index contributed by atoms with van der Waals surface area (Å²) in [5, 5.41) is 3.31. The molecular formula is C24H31F3N2O2. The molecule has 1 N–H and O–H groups in total. The molecule has 2 unspecified atom stereocenters. The van der Waals surface area contributed by atoms with Crippen molar-refractivity contribution in [3.63, 3.8) is 0 Å². The van der Waals surface area contributed by atoms with E-state index in [9.17, 15) is 13.2 Å². The van der Waals surface area contributed by atoms with Gasteiger partial charge in [0.15, 0.2) is 0 Å². The van der Waals surface area contributed by atoms with Crippen molar-refractivity contribution in [2.75, 3.05) is 25.1 Å². The first-order valence-corrected chi connectivity index (χ1v) is 10.9. The minimum Gasteiger partial charge on any atom is -0.493 e. The number of nitrogens with zero attached hydrogens (tertiary/aromatic N) is 1. The summed E-state index contributed by atoms with van der Waals surface area (Å²) in [7, 11) is 0. The third-order valence-electron chi connectivity index (χ3n) is 5.29. The van der Waals surface area contributed by atoms with Gasteiger partial charge in [0.05, 0.1) is 24.8 Å². The summed E-state index contributed by atoms with van der Waals surface area (Å²) in [4.78, 5) is 4.31. The number of hydrogen-bond acceptors (Lipinski definition) is 4. The fourth-order valence-corrected chi connectivity index (χ4v) is 3.91. The molecule has 2 aromatic rings. The fraction of sp³-hybridized carbons (Fsp3) is 0.542. The lowest BCUT2D eigenvalue weighted by Crippen LogP contribution is -2.30. The van der Waals surface area contributed by atoms with Gasteiger partial charge in [0.1, 0.15) is 11.6 Å². The van der Waals surface area contributed by atoms with Gasteiger partial charge in [-0.2, -0.15) is 13.2 Å². The Bertz CT molecular complexity index is 849. The maximum absolute atomic E-state index is 13.7. The second-order valence-electron chi connectivity index (χ2n) is 8.74. The highest BCUT2D eigenvalue weighted by Crippen LogP contribution is 2.39. The minimum absolute atomic E-state index is 0.126. The lowest BCUT2D eigenvalue weighted by molar-refractivity contribution is -0.139. The molecule has 7 heteroatoms. The molecule has 4 nitrogen and oxygen atoms in total. The third-order valence-corrected chi connectivity index (χ3v) is 5.29. The van der Waals surface area contributed by atoms with Crippen LogP contribution in [0, 0.1) is 11.8 Å². The van der Waals surface area contributed by atoms with Crippen molar-refractivity contribution >= 4 is 5.82 Å². The Morgan fingerprint density at radius 3 is 2.61 bits per heavy atom. The van der Waals surface area contributed by atoms with Crippen LogP contribution < -0.4 is 10.1 Å². The highest BCUT2D eigenvalue weighted by atomic mass is 19.4. The molecule has 1 saturated heterocycles. The van der Waals surface area contributed by atoms with Crippen LogP contribution >= 0.6 is 0 Å². The van der Waals surface area contributed by atoms with Gasteiger partial charge in [0.2, 0.25) is 0 Å². The number of nitrogens with one attached hydrogen (secondary N) is 1. The molecule has 0 bridgehead atoms. The average Bonchev–Trinajstić information content (AvgIpc) is 2.72. The quantitative estimate of drug-likeness (QED) is 0.519. The molecule has 1 aromatic carbocycles. The van der Waals surface area contributed by atoms with Gasteiger partial charge >= 0.3 is 6.18 Å². The summed E-state index contributed by atoms with van der Waals surface area (Å²) < 4.78 is 52.3. The molecule has 0 spiro atoms. The second-order valence-corrected chi connectivity index (χ2v) is 8.74. The molecule has 170 valence electrons. The van der Waals surface area contributed by atoms with Crippen LogP contribution in [0.1, 0.15) is 45.6 Å². The number of ether oxygens (including phenoxy) is 2. The van der Waals surface area contributed by atoms with Crippen LogP contribution in [-0.2, 0) is 10.9 Å². The second kappa shape index (κ2) is 10.4. The largest absolute Gasteiger partial charge is 0.493 e. The van der Waals surface area contributed by atoms with E-state index in [1.54, 1.807) is 24.4 Å². The van der Waals surface area contributed by atoms with E-state index in [0.717, 1.165) is 31.9 Å². The Balaban J connectivity index is 1.79. The van der Waals surface area contributed by atoms with Crippen LogP contribution in [0.2, 0.25) is 0 Å². The van der Waals surface area contributed by atoms with Crippen molar-refractivity contribution in [1.29, 1.82) is 0 Å². The molecule has 0 radical (unpaired) electrons. The monoisotopic (exact) mass is 436 g/mol. The number of anilines is 1. The van der Waals surface area contributed by atoms with E-state index in [2.05, 4.69) is 24.1 Å². The lowest BCUT2D eigenvalue weighted by atomic mass is 9.99. The van der Waals surface area contributed by atoms with Gasteiger partial charge in [-0.25, -0.2) is 4.98 Å². The molecular weight excluding hydrogens is 405 g/mol. The molecule has 0 saturated carbocycles. The van der Waals surface area contributed by atoms with E-state index in [0.29, 0.717) is 29.5 Å². The molecule has 0 aliphatic carbocycles. The molecule has 1 aliphatic rings. The van der Waals surface area contributed by atoms with E-state index in [4.69, 9.17) is 9.47 Å². The summed E-state index contributed by atoms with van der Waals surface area (Å²) >= 11 is 0. The van der Waals surface area contributed by atoms with Crippen LogP contribution in [0.25, 0.3) is 11.1 Å². The van der Waals surface area contributed by atoms with Gasteiger partial charge in [0, 0.05) is 12.8 Å². The van der Waals surface area contributed by atoms with Crippen molar-refractivity contribution < 1.29 is 22.6 Å². The lowest BCUT2D eigenvalue weighted by Gasteiger charge is -2.23. The number of rotatable bonds is 8. The number of halogens is 3. The summed E-state index contributed by atoms with van der Waals surface area (Å²) in [5.74, 6) is 1.15. The molecule has 1 aliphatic heterocycles. The van der Waals surface area contributed by atoms with Crippen molar-refractivity contribution in [2.45, 2.75) is 52.3 Å². The zero-order chi connectivity index (χ0) is 22.4. The Hall–Kier alpha value is -2.28. The van der Waals surface area contributed by atoms with Crippen LogP contribution in [0.4, 0.5) is 19.0 Å². The Kier molecular flexibility index (Phi) is 7.81. The van der Waals surface area contributed by atoms with E-state index >= 15 is 0 Å². The van der Waals surface area contributed by atoms with Crippen molar-refractivity contribution in [3.8, 4) is 16.9 Å². The number of hydrogen-bond donors (Lipinski definition) is 1. The Morgan fingerprint density at radius 2 is 1.94 bits per heavy atom. The van der Waals surface area contributed by atoms with Gasteiger partial charge in [0.25, 0.3) is 0 Å². The van der Waals surface area contributed by atoms with Gasteiger partial charge in [-0.05, 0) is 66.5 Å². The summed E-state index contributed by atoms with van der Waals surface area (Å²) in [6.07, 6.45) is -0.0417. The molecule has 1 fully saturated rings. The predicted molar refractivity (Wildman–Crippen MR) is 116 cm³/mol. The van der Waals surface area contributed by atoms with E-state index in [1.165, 1.54) is 6.07 Å². The van der Waals surface area contributed by atoms with E-state index in [1.807, 2.05) is 6.92 Å². The standard InChI is InChI=1S/C24H31F3N2O2/c1-16(2)11-17(3)14-31-22-7-6-18(12-21(22)24(25,26)27)19-8-9-28-23(13-19)29-20-5-4-10-30-15-20/h6-9,12-13,16-17,20H,4-5,10-11,14-15H2,1-3H3,(H,28,29). The number of pyridine rings is 1. The summed E-state index contributed by atoms with van der Waals surface area (Å²) in [6.45, 7) is 7.79. The van der Waals surface area contributed by atoms with E-state index < -0.39 is 11.7 Å².